The molecule has 210 valence electrons. The van der Waals surface area contributed by atoms with E-state index in [0.29, 0.717) is 18.5 Å². The number of hydrogen-bond donors (Lipinski definition) is 3. The zero-order valence-electron chi connectivity index (χ0n) is 24.1. The Morgan fingerprint density at radius 3 is 2.16 bits per heavy atom. The van der Waals surface area contributed by atoms with Crippen LogP contribution in [0.5, 0.6) is 0 Å². The minimum atomic E-state index is -1.25. The molecule has 8 nitrogen and oxygen atoms in total. The Morgan fingerprint density at radius 2 is 1.62 bits per heavy atom. The van der Waals surface area contributed by atoms with E-state index >= 15 is 0 Å². The molecule has 0 aromatic heterocycles. The van der Waals surface area contributed by atoms with Gasteiger partial charge in [0.1, 0.15) is 17.7 Å². The van der Waals surface area contributed by atoms with Crippen LogP contribution in [0.25, 0.3) is 0 Å². The molecule has 1 aromatic rings. The number of aryl methyl sites for hydroxylation is 1. The Balaban J connectivity index is 3.36. The molecule has 2 unspecified atom stereocenters. The highest BCUT2D eigenvalue weighted by Gasteiger charge is 2.37. The van der Waals surface area contributed by atoms with Crippen LogP contribution >= 0.6 is 0 Å². The van der Waals surface area contributed by atoms with Crippen molar-refractivity contribution in [1.82, 2.24) is 15.5 Å². The Kier molecular flexibility index (Phi) is 13.1. The molecule has 3 amide bonds. The predicted octanol–water partition coefficient (Wildman–Crippen LogP) is 5.03. The van der Waals surface area contributed by atoms with Crippen molar-refractivity contribution in [3.8, 4) is 0 Å². The molecule has 1 aromatic carbocycles. The second-order valence-electron chi connectivity index (χ2n) is 11.7. The normalized spacial score (nSPS) is 13.4. The van der Waals surface area contributed by atoms with Gasteiger partial charge in [-0.1, -0.05) is 68.9 Å². The van der Waals surface area contributed by atoms with Crippen molar-refractivity contribution < 1.29 is 24.2 Å². The summed E-state index contributed by atoms with van der Waals surface area (Å²) in [6.07, 6.45) is 5.27. The average Bonchev–Trinajstić information content (AvgIpc) is 2.76. The fourth-order valence-corrected chi connectivity index (χ4v) is 4.02. The monoisotopic (exact) mass is 519 g/mol. The number of nitrogens with one attached hydrogen (secondary N) is 2. The van der Waals surface area contributed by atoms with Gasteiger partial charge in [0.2, 0.25) is 11.8 Å². The molecule has 0 bridgehead atoms. The Bertz CT molecular complexity index is 873. The number of alkyl carbamates (subject to hydrolysis) is 1. The van der Waals surface area contributed by atoms with E-state index in [4.69, 9.17) is 4.74 Å². The van der Waals surface area contributed by atoms with Crippen LogP contribution in [0.3, 0.4) is 0 Å². The fourth-order valence-electron chi connectivity index (χ4n) is 4.02. The van der Waals surface area contributed by atoms with E-state index in [9.17, 15) is 19.5 Å². The van der Waals surface area contributed by atoms with Gasteiger partial charge in [0.05, 0.1) is 6.61 Å². The van der Waals surface area contributed by atoms with Crippen LogP contribution in [0, 0.1) is 6.92 Å². The standard InChI is InChI=1S/C29H49N3O5/c1-9-10-11-12-13-14-18-32(26(35)23(20-33)30-27(36)37-29(6,7)8)24(25(34)31-28(3,4)5)22-17-15-16-21(2)19-22/h15-17,19,23-24,33H,9-14,18,20H2,1-8H3,(H,30,36)(H,31,34). The predicted molar refractivity (Wildman–Crippen MR) is 147 cm³/mol. The van der Waals surface area contributed by atoms with Gasteiger partial charge in [-0.2, -0.15) is 0 Å². The molecular weight excluding hydrogens is 470 g/mol. The van der Waals surface area contributed by atoms with Crippen molar-refractivity contribution in [1.29, 1.82) is 0 Å². The second kappa shape index (κ2) is 15.0. The molecule has 0 heterocycles. The topological polar surface area (TPSA) is 108 Å². The molecule has 0 radical (unpaired) electrons. The van der Waals surface area contributed by atoms with E-state index in [-0.39, 0.29) is 5.91 Å². The van der Waals surface area contributed by atoms with Crippen molar-refractivity contribution in [3.05, 3.63) is 35.4 Å². The highest BCUT2D eigenvalue weighted by atomic mass is 16.6. The van der Waals surface area contributed by atoms with Gasteiger partial charge >= 0.3 is 6.09 Å². The van der Waals surface area contributed by atoms with Crippen molar-refractivity contribution in [3.63, 3.8) is 0 Å². The van der Waals surface area contributed by atoms with Gasteiger partial charge in [-0.05, 0) is 60.5 Å². The van der Waals surface area contributed by atoms with Crippen LogP contribution < -0.4 is 10.6 Å². The van der Waals surface area contributed by atoms with Crippen LogP contribution in [-0.4, -0.2) is 58.2 Å². The lowest BCUT2D eigenvalue weighted by atomic mass is 9.98. The Morgan fingerprint density at radius 1 is 1.00 bits per heavy atom. The molecule has 3 N–H and O–H groups in total. The van der Waals surface area contributed by atoms with Crippen LogP contribution in [0.15, 0.2) is 24.3 Å². The average molecular weight is 520 g/mol. The molecule has 1 rings (SSSR count). The first-order valence-electron chi connectivity index (χ1n) is 13.5. The third kappa shape index (κ3) is 12.5. The van der Waals surface area contributed by atoms with E-state index in [0.717, 1.165) is 37.7 Å². The van der Waals surface area contributed by atoms with Gasteiger partial charge in [-0.15, -0.1) is 0 Å². The third-order valence-electron chi connectivity index (χ3n) is 5.62. The van der Waals surface area contributed by atoms with E-state index in [2.05, 4.69) is 17.6 Å². The highest BCUT2D eigenvalue weighted by molar-refractivity contribution is 5.92. The van der Waals surface area contributed by atoms with Crippen molar-refractivity contribution in [2.24, 2.45) is 0 Å². The molecule has 37 heavy (non-hydrogen) atoms. The lowest BCUT2D eigenvalue weighted by molar-refractivity contribution is -0.144. The van der Waals surface area contributed by atoms with Gasteiger partial charge in [0, 0.05) is 12.1 Å². The summed E-state index contributed by atoms with van der Waals surface area (Å²) in [5.41, 5.74) is 0.361. The van der Waals surface area contributed by atoms with Gasteiger partial charge in [0.25, 0.3) is 0 Å². The molecule has 0 fully saturated rings. The Hall–Kier alpha value is -2.61. The summed E-state index contributed by atoms with van der Waals surface area (Å²) in [6.45, 7) is 14.6. The second-order valence-corrected chi connectivity index (χ2v) is 11.7. The maximum absolute atomic E-state index is 13.8. The number of ether oxygens (including phenoxy) is 1. The molecule has 0 aliphatic carbocycles. The minimum absolute atomic E-state index is 0.313. The van der Waals surface area contributed by atoms with Gasteiger partial charge in [-0.25, -0.2) is 4.79 Å². The van der Waals surface area contributed by atoms with E-state index in [1.165, 1.54) is 4.90 Å². The van der Waals surface area contributed by atoms with Crippen LogP contribution in [0.1, 0.15) is 104 Å². The molecule has 0 aliphatic rings. The van der Waals surface area contributed by atoms with Crippen LogP contribution in [-0.2, 0) is 14.3 Å². The number of aliphatic hydroxyl groups is 1. The first kappa shape index (κ1) is 32.4. The number of hydrogen-bond acceptors (Lipinski definition) is 5. The zero-order chi connectivity index (χ0) is 28.2. The number of unbranched alkanes of at least 4 members (excludes halogenated alkanes) is 5. The number of amides is 3. The molecule has 8 heteroatoms. The highest BCUT2D eigenvalue weighted by Crippen LogP contribution is 2.25. The summed E-state index contributed by atoms with van der Waals surface area (Å²) in [6, 6.07) is 5.35. The lowest BCUT2D eigenvalue weighted by Crippen LogP contribution is -2.55. The molecule has 0 spiro atoms. The number of nitrogens with zero attached hydrogens (tertiary/aromatic N) is 1. The number of aliphatic hydroxyl groups excluding tert-OH is 1. The molecule has 2 atom stereocenters. The van der Waals surface area contributed by atoms with Gasteiger partial charge in [-0.3, -0.25) is 9.59 Å². The maximum Gasteiger partial charge on any atom is 0.408 e. The van der Waals surface area contributed by atoms with E-state index < -0.39 is 41.8 Å². The number of rotatable bonds is 13. The summed E-state index contributed by atoms with van der Waals surface area (Å²) in [5, 5.41) is 15.6. The minimum Gasteiger partial charge on any atom is -0.444 e. The van der Waals surface area contributed by atoms with Crippen LogP contribution in [0.4, 0.5) is 4.79 Å². The SMILES string of the molecule is CCCCCCCCN(C(=O)C(CO)NC(=O)OC(C)(C)C)C(C(=O)NC(C)(C)C)c1cccc(C)c1. The summed E-state index contributed by atoms with van der Waals surface area (Å²) in [7, 11) is 0. The number of benzene rings is 1. The van der Waals surface area contributed by atoms with Gasteiger partial charge < -0.3 is 25.4 Å². The number of carbonyl (C=O) groups is 3. The van der Waals surface area contributed by atoms with E-state index in [1.807, 2.05) is 52.0 Å². The van der Waals surface area contributed by atoms with Crippen molar-refractivity contribution in [2.45, 2.75) is 117 Å². The summed E-state index contributed by atoms with van der Waals surface area (Å²) in [4.78, 5) is 41.4. The summed E-state index contributed by atoms with van der Waals surface area (Å²) in [5.74, 6) is -0.844. The lowest BCUT2D eigenvalue weighted by Gasteiger charge is -2.36. The molecule has 0 aliphatic heterocycles. The maximum atomic E-state index is 13.8. The summed E-state index contributed by atoms with van der Waals surface area (Å²) >= 11 is 0. The molecular formula is C29H49N3O5. The largest absolute Gasteiger partial charge is 0.444 e. The number of carbonyl (C=O) groups excluding carboxylic acids is 3. The zero-order valence-corrected chi connectivity index (χ0v) is 24.1. The molecule has 0 saturated heterocycles. The first-order valence-corrected chi connectivity index (χ1v) is 13.5. The summed E-state index contributed by atoms with van der Waals surface area (Å²) < 4.78 is 5.30. The fraction of sp³-hybridized carbons (Fsp3) is 0.690. The quantitative estimate of drug-likeness (QED) is 0.317. The smallest absolute Gasteiger partial charge is 0.408 e. The van der Waals surface area contributed by atoms with Gasteiger partial charge in [0.15, 0.2) is 0 Å². The van der Waals surface area contributed by atoms with Crippen molar-refractivity contribution in [2.75, 3.05) is 13.2 Å². The first-order chi connectivity index (χ1) is 17.2. The molecule has 0 saturated carbocycles. The third-order valence-corrected chi connectivity index (χ3v) is 5.62. The van der Waals surface area contributed by atoms with Crippen LogP contribution in [0.2, 0.25) is 0 Å². The van der Waals surface area contributed by atoms with Crippen molar-refractivity contribution >= 4 is 17.9 Å². The van der Waals surface area contributed by atoms with E-state index in [1.54, 1.807) is 20.8 Å². The Labute approximate surface area is 223 Å².